The molecule has 0 spiro atoms. The number of alkyl halides is 3. The van der Waals surface area contributed by atoms with E-state index in [-0.39, 0.29) is 28.2 Å². The minimum absolute atomic E-state index is 0.0785. The molecule has 1 aromatic heterocycles. The summed E-state index contributed by atoms with van der Waals surface area (Å²) in [7, 11) is 0. The van der Waals surface area contributed by atoms with Crippen LogP contribution >= 0.6 is 27.5 Å². The van der Waals surface area contributed by atoms with Gasteiger partial charge < -0.3 is 4.74 Å². The van der Waals surface area contributed by atoms with Crippen molar-refractivity contribution in [3.8, 4) is 0 Å². The maximum atomic E-state index is 12.5. The molecule has 7 heteroatoms. The highest BCUT2D eigenvalue weighted by Crippen LogP contribution is 2.27. The van der Waals surface area contributed by atoms with Gasteiger partial charge in [-0.15, -0.1) is 11.6 Å². The molecule has 0 aliphatic heterocycles. The molecular formula is C10H9BrClF2NO2. The van der Waals surface area contributed by atoms with Crippen LogP contribution in [0.3, 0.4) is 0 Å². The van der Waals surface area contributed by atoms with Crippen LogP contribution in [0.4, 0.5) is 8.78 Å². The molecule has 0 aromatic carbocycles. The van der Waals surface area contributed by atoms with E-state index in [2.05, 4.69) is 20.9 Å². The van der Waals surface area contributed by atoms with E-state index < -0.39 is 18.1 Å². The van der Waals surface area contributed by atoms with Crippen molar-refractivity contribution >= 4 is 33.5 Å². The number of halogens is 4. The molecule has 0 fully saturated rings. The molecule has 0 radical (unpaired) electrons. The highest BCUT2D eigenvalue weighted by Gasteiger charge is 2.21. The van der Waals surface area contributed by atoms with Crippen LogP contribution in [0, 0.1) is 0 Å². The van der Waals surface area contributed by atoms with Crippen LogP contribution < -0.4 is 0 Å². The van der Waals surface area contributed by atoms with Crippen LogP contribution in [0.1, 0.15) is 35.1 Å². The van der Waals surface area contributed by atoms with Crippen molar-refractivity contribution in [3.05, 3.63) is 27.5 Å². The standard InChI is InChI=1S/C10H9BrClF2NO2/c1-2-17-10(16)8-5(11)3-6(9(13)14)15-7(8)4-12/h3,9H,2,4H2,1H3. The van der Waals surface area contributed by atoms with E-state index in [0.29, 0.717) is 0 Å². The van der Waals surface area contributed by atoms with Gasteiger partial charge in [0.25, 0.3) is 6.43 Å². The lowest BCUT2D eigenvalue weighted by atomic mass is 10.2. The zero-order valence-electron chi connectivity index (χ0n) is 8.84. The molecule has 3 nitrogen and oxygen atoms in total. The highest BCUT2D eigenvalue weighted by atomic mass is 79.9. The average molecular weight is 329 g/mol. The van der Waals surface area contributed by atoms with Crippen molar-refractivity contribution < 1.29 is 18.3 Å². The molecule has 0 aliphatic carbocycles. The van der Waals surface area contributed by atoms with Gasteiger partial charge in [-0.25, -0.2) is 18.6 Å². The first-order valence-electron chi connectivity index (χ1n) is 4.71. The monoisotopic (exact) mass is 327 g/mol. The first-order chi connectivity index (χ1) is 8.01. The molecule has 17 heavy (non-hydrogen) atoms. The molecule has 0 aliphatic rings. The molecule has 0 bridgehead atoms. The van der Waals surface area contributed by atoms with E-state index >= 15 is 0 Å². The summed E-state index contributed by atoms with van der Waals surface area (Å²) >= 11 is 8.63. The Bertz CT molecular complexity index is 429. The van der Waals surface area contributed by atoms with Crippen molar-refractivity contribution in [2.24, 2.45) is 0 Å². The van der Waals surface area contributed by atoms with E-state index in [1.54, 1.807) is 6.92 Å². The lowest BCUT2D eigenvalue weighted by Crippen LogP contribution is -2.11. The van der Waals surface area contributed by atoms with Gasteiger partial charge in [0.1, 0.15) is 5.69 Å². The van der Waals surface area contributed by atoms with Gasteiger partial charge in [0.2, 0.25) is 0 Å². The largest absolute Gasteiger partial charge is 0.462 e. The van der Waals surface area contributed by atoms with Gasteiger partial charge in [-0.1, -0.05) is 0 Å². The number of carbonyl (C=O) groups excluding carboxylic acids is 1. The second-order valence-electron chi connectivity index (χ2n) is 3.01. The van der Waals surface area contributed by atoms with Crippen molar-refractivity contribution in [1.29, 1.82) is 0 Å². The molecule has 0 saturated heterocycles. The van der Waals surface area contributed by atoms with Gasteiger partial charge in [0, 0.05) is 4.47 Å². The second-order valence-corrected chi connectivity index (χ2v) is 4.13. The Labute approximate surface area is 110 Å². The minimum Gasteiger partial charge on any atom is -0.462 e. The summed E-state index contributed by atoms with van der Waals surface area (Å²) in [6, 6.07) is 1.09. The number of ether oxygens (including phenoxy) is 1. The molecule has 94 valence electrons. The van der Waals surface area contributed by atoms with Gasteiger partial charge in [0.05, 0.1) is 23.7 Å². The van der Waals surface area contributed by atoms with Crippen LogP contribution in [-0.2, 0) is 10.6 Å². The van der Waals surface area contributed by atoms with Gasteiger partial charge in [-0.3, -0.25) is 0 Å². The van der Waals surface area contributed by atoms with Gasteiger partial charge in [-0.2, -0.15) is 0 Å². The third-order valence-corrected chi connectivity index (χ3v) is 2.77. The number of pyridine rings is 1. The predicted octanol–water partition coefficient (Wildman–Crippen LogP) is 3.70. The van der Waals surface area contributed by atoms with Crippen LogP contribution in [0.5, 0.6) is 0 Å². The Hall–Kier alpha value is -0.750. The van der Waals surface area contributed by atoms with E-state index in [0.717, 1.165) is 6.07 Å². The summed E-state index contributed by atoms with van der Waals surface area (Å²) in [4.78, 5) is 15.2. The molecule has 1 heterocycles. The number of hydrogen-bond acceptors (Lipinski definition) is 3. The fourth-order valence-electron chi connectivity index (χ4n) is 1.21. The topological polar surface area (TPSA) is 39.2 Å². The molecule has 0 N–H and O–H groups in total. The maximum absolute atomic E-state index is 12.5. The Balaban J connectivity index is 3.25. The minimum atomic E-state index is -2.72. The average Bonchev–Trinajstić information content (AvgIpc) is 2.27. The van der Waals surface area contributed by atoms with Gasteiger partial charge in [-0.05, 0) is 28.9 Å². The first-order valence-corrected chi connectivity index (χ1v) is 6.04. The van der Waals surface area contributed by atoms with E-state index in [9.17, 15) is 13.6 Å². The van der Waals surface area contributed by atoms with Crippen LogP contribution in [0.15, 0.2) is 10.5 Å². The van der Waals surface area contributed by atoms with Crippen LogP contribution in [0.25, 0.3) is 0 Å². The molecule has 0 atom stereocenters. The number of esters is 1. The van der Waals surface area contributed by atoms with Crippen molar-refractivity contribution in [2.75, 3.05) is 6.61 Å². The van der Waals surface area contributed by atoms with E-state index in [4.69, 9.17) is 16.3 Å². The number of nitrogens with zero attached hydrogens (tertiary/aromatic N) is 1. The lowest BCUT2D eigenvalue weighted by Gasteiger charge is -2.10. The van der Waals surface area contributed by atoms with Crippen molar-refractivity contribution in [2.45, 2.75) is 19.2 Å². The third kappa shape index (κ3) is 3.35. The van der Waals surface area contributed by atoms with Gasteiger partial charge in [0.15, 0.2) is 0 Å². The summed E-state index contributed by atoms with van der Waals surface area (Å²) < 4.78 is 30.0. The predicted molar refractivity (Wildman–Crippen MR) is 62.4 cm³/mol. The molecule has 1 rings (SSSR count). The Morgan fingerprint density at radius 3 is 2.76 bits per heavy atom. The zero-order chi connectivity index (χ0) is 13.0. The Kier molecular flexibility index (Phi) is 5.27. The van der Waals surface area contributed by atoms with Gasteiger partial charge >= 0.3 is 5.97 Å². The number of hydrogen-bond donors (Lipinski definition) is 0. The van der Waals surface area contributed by atoms with Crippen molar-refractivity contribution in [1.82, 2.24) is 4.98 Å². The third-order valence-electron chi connectivity index (χ3n) is 1.90. The summed E-state index contributed by atoms with van der Waals surface area (Å²) in [5.41, 5.74) is -0.262. The number of rotatable bonds is 4. The van der Waals surface area contributed by atoms with Crippen LogP contribution in [0.2, 0.25) is 0 Å². The molecular weight excluding hydrogens is 319 g/mol. The van der Waals surface area contributed by atoms with Crippen LogP contribution in [-0.4, -0.2) is 17.6 Å². The smallest absolute Gasteiger partial charge is 0.341 e. The highest BCUT2D eigenvalue weighted by molar-refractivity contribution is 9.10. The Morgan fingerprint density at radius 1 is 1.65 bits per heavy atom. The SMILES string of the molecule is CCOC(=O)c1c(Br)cc(C(F)F)nc1CCl. The summed E-state index contributed by atoms with van der Waals surface area (Å²) in [6.07, 6.45) is -2.72. The zero-order valence-corrected chi connectivity index (χ0v) is 11.2. The number of aromatic nitrogens is 1. The lowest BCUT2D eigenvalue weighted by molar-refractivity contribution is 0.0523. The first kappa shape index (κ1) is 14.3. The second kappa shape index (κ2) is 6.26. The summed E-state index contributed by atoms with van der Waals surface area (Å²) in [5.74, 6) is -0.781. The molecule has 0 saturated carbocycles. The molecule has 1 aromatic rings. The van der Waals surface area contributed by atoms with Crippen molar-refractivity contribution in [3.63, 3.8) is 0 Å². The summed E-state index contributed by atoms with van der Waals surface area (Å²) in [5, 5.41) is 0. The fourth-order valence-corrected chi connectivity index (χ4v) is 2.03. The normalized spacial score (nSPS) is 10.7. The fraction of sp³-hybridized carbons (Fsp3) is 0.400. The molecule has 0 amide bonds. The maximum Gasteiger partial charge on any atom is 0.341 e. The Morgan fingerprint density at radius 2 is 2.29 bits per heavy atom. The molecule has 0 unspecified atom stereocenters. The quantitative estimate of drug-likeness (QED) is 0.625. The van der Waals surface area contributed by atoms with E-state index in [1.165, 1.54) is 0 Å². The number of carbonyl (C=O) groups is 1. The summed E-state index contributed by atoms with van der Waals surface area (Å²) in [6.45, 7) is 1.83. The van der Waals surface area contributed by atoms with E-state index in [1.807, 2.05) is 0 Å².